The summed E-state index contributed by atoms with van der Waals surface area (Å²) in [4.78, 5) is 13.2. The Labute approximate surface area is 154 Å². The first-order valence-electron chi connectivity index (χ1n) is 7.53. The molecule has 0 spiro atoms. The first-order chi connectivity index (χ1) is 12.1. The van der Waals surface area contributed by atoms with Crippen LogP contribution in [0.4, 0.5) is 0 Å². The van der Waals surface area contributed by atoms with Gasteiger partial charge in [0.1, 0.15) is 0 Å². The van der Waals surface area contributed by atoms with Gasteiger partial charge in [-0.05, 0) is 42.0 Å². The van der Waals surface area contributed by atoms with Gasteiger partial charge in [0.25, 0.3) is 5.89 Å². The molecular weight excluding hydrogens is 360 g/mol. The fourth-order valence-electron chi connectivity index (χ4n) is 2.04. The zero-order valence-electron chi connectivity index (χ0n) is 13.4. The van der Waals surface area contributed by atoms with E-state index >= 15 is 0 Å². The Morgan fingerprint density at radius 3 is 2.48 bits per heavy atom. The van der Waals surface area contributed by atoms with Gasteiger partial charge < -0.3 is 9.15 Å². The number of aryl methyl sites for hydroxylation is 1. The molecule has 2 aromatic carbocycles. The SMILES string of the molecule is Cc1nnc(COC(=O)c2ccc(CSc3ccc(Cl)cc3)cc2)o1. The van der Waals surface area contributed by atoms with Crippen molar-refractivity contribution in [2.75, 3.05) is 0 Å². The summed E-state index contributed by atoms with van der Waals surface area (Å²) in [6.45, 7) is 1.65. The van der Waals surface area contributed by atoms with Gasteiger partial charge in [0, 0.05) is 22.6 Å². The van der Waals surface area contributed by atoms with E-state index in [-0.39, 0.29) is 12.5 Å². The quantitative estimate of drug-likeness (QED) is 0.461. The second kappa shape index (κ2) is 8.18. The minimum absolute atomic E-state index is 0.0339. The molecule has 0 amide bonds. The average molecular weight is 375 g/mol. The van der Waals surface area contributed by atoms with Crippen molar-refractivity contribution in [2.45, 2.75) is 24.2 Å². The lowest BCUT2D eigenvalue weighted by molar-refractivity contribution is 0.0437. The number of hydrogen-bond acceptors (Lipinski definition) is 6. The van der Waals surface area contributed by atoms with Crippen LogP contribution in [0, 0.1) is 6.92 Å². The topological polar surface area (TPSA) is 65.2 Å². The normalized spacial score (nSPS) is 10.6. The van der Waals surface area contributed by atoms with E-state index < -0.39 is 5.97 Å². The second-order valence-electron chi connectivity index (χ2n) is 5.23. The zero-order valence-corrected chi connectivity index (χ0v) is 15.0. The molecule has 0 unspecified atom stereocenters. The first-order valence-corrected chi connectivity index (χ1v) is 8.90. The van der Waals surface area contributed by atoms with Gasteiger partial charge in [-0.15, -0.1) is 22.0 Å². The minimum atomic E-state index is -0.423. The Morgan fingerprint density at radius 2 is 1.84 bits per heavy atom. The molecule has 0 bridgehead atoms. The molecule has 1 aromatic heterocycles. The highest BCUT2D eigenvalue weighted by molar-refractivity contribution is 7.98. The molecule has 25 heavy (non-hydrogen) atoms. The summed E-state index contributed by atoms with van der Waals surface area (Å²) in [6.07, 6.45) is 0. The summed E-state index contributed by atoms with van der Waals surface area (Å²) in [7, 11) is 0. The van der Waals surface area contributed by atoms with E-state index in [1.54, 1.807) is 30.8 Å². The second-order valence-corrected chi connectivity index (χ2v) is 6.72. The number of esters is 1. The fourth-order valence-corrected chi connectivity index (χ4v) is 3.02. The summed E-state index contributed by atoms with van der Waals surface area (Å²) in [5.74, 6) is 1.10. The molecule has 128 valence electrons. The smallest absolute Gasteiger partial charge is 0.338 e. The number of hydrogen-bond donors (Lipinski definition) is 0. The summed E-state index contributed by atoms with van der Waals surface area (Å²) in [5, 5.41) is 8.19. The third-order valence-electron chi connectivity index (χ3n) is 3.30. The molecule has 0 saturated carbocycles. The number of halogens is 1. The van der Waals surface area contributed by atoms with Gasteiger partial charge >= 0.3 is 5.97 Å². The van der Waals surface area contributed by atoms with Crippen molar-refractivity contribution < 1.29 is 13.9 Å². The number of benzene rings is 2. The molecule has 0 radical (unpaired) electrons. The van der Waals surface area contributed by atoms with E-state index in [0.717, 1.165) is 21.2 Å². The van der Waals surface area contributed by atoms with Crippen molar-refractivity contribution in [2.24, 2.45) is 0 Å². The number of carbonyl (C=O) groups excluding carboxylic acids is 1. The Hall–Kier alpha value is -2.31. The van der Waals surface area contributed by atoms with E-state index in [4.69, 9.17) is 20.8 Å². The van der Waals surface area contributed by atoms with Gasteiger partial charge in [-0.1, -0.05) is 23.7 Å². The molecule has 0 aliphatic carbocycles. The molecule has 0 aliphatic heterocycles. The average Bonchev–Trinajstić information content (AvgIpc) is 3.05. The van der Waals surface area contributed by atoms with Crippen LogP contribution in [-0.2, 0) is 17.1 Å². The Bertz CT molecular complexity index is 848. The Morgan fingerprint density at radius 1 is 1.12 bits per heavy atom. The Balaban J connectivity index is 1.52. The Kier molecular flexibility index (Phi) is 5.73. The molecule has 0 N–H and O–H groups in total. The maximum absolute atomic E-state index is 12.0. The number of carbonyl (C=O) groups is 1. The third-order valence-corrected chi connectivity index (χ3v) is 4.64. The predicted molar refractivity (Wildman–Crippen MR) is 95.6 cm³/mol. The van der Waals surface area contributed by atoms with Gasteiger partial charge in [-0.3, -0.25) is 0 Å². The van der Waals surface area contributed by atoms with E-state index in [1.165, 1.54) is 0 Å². The molecule has 5 nitrogen and oxygen atoms in total. The lowest BCUT2D eigenvalue weighted by Gasteiger charge is -2.05. The van der Waals surface area contributed by atoms with Crippen LogP contribution < -0.4 is 0 Å². The standard InChI is InChI=1S/C18H15ClN2O3S/c1-12-20-21-17(24-12)10-23-18(22)14-4-2-13(3-5-14)11-25-16-8-6-15(19)7-9-16/h2-9H,10-11H2,1H3. The molecule has 0 atom stereocenters. The van der Waals surface area contributed by atoms with Crippen molar-refractivity contribution in [3.05, 3.63) is 76.5 Å². The van der Waals surface area contributed by atoms with Crippen LogP contribution in [0.2, 0.25) is 5.02 Å². The van der Waals surface area contributed by atoms with Crippen molar-refractivity contribution in [1.29, 1.82) is 0 Å². The van der Waals surface area contributed by atoms with E-state index in [0.29, 0.717) is 11.5 Å². The zero-order chi connectivity index (χ0) is 17.6. The summed E-state index contributed by atoms with van der Waals surface area (Å²) in [6, 6.07) is 15.0. The molecule has 7 heteroatoms. The largest absolute Gasteiger partial charge is 0.452 e. The van der Waals surface area contributed by atoms with Crippen LogP contribution in [0.5, 0.6) is 0 Å². The van der Waals surface area contributed by atoms with Crippen LogP contribution in [0.25, 0.3) is 0 Å². The van der Waals surface area contributed by atoms with Crippen molar-refractivity contribution >= 4 is 29.3 Å². The summed E-state index contributed by atoms with van der Waals surface area (Å²) < 4.78 is 10.3. The highest BCUT2D eigenvalue weighted by atomic mass is 35.5. The summed E-state index contributed by atoms with van der Waals surface area (Å²) >= 11 is 7.58. The van der Waals surface area contributed by atoms with E-state index in [1.807, 2.05) is 36.4 Å². The number of aromatic nitrogens is 2. The van der Waals surface area contributed by atoms with Crippen molar-refractivity contribution in [3.63, 3.8) is 0 Å². The summed E-state index contributed by atoms with van der Waals surface area (Å²) in [5.41, 5.74) is 1.60. The number of rotatable bonds is 6. The van der Waals surface area contributed by atoms with Crippen LogP contribution in [0.1, 0.15) is 27.7 Å². The van der Waals surface area contributed by atoms with E-state index in [2.05, 4.69) is 10.2 Å². The predicted octanol–water partition coefficient (Wildman–Crippen LogP) is 4.68. The van der Waals surface area contributed by atoms with Gasteiger partial charge in [0.2, 0.25) is 5.89 Å². The van der Waals surface area contributed by atoms with Gasteiger partial charge in [-0.25, -0.2) is 4.79 Å². The minimum Gasteiger partial charge on any atom is -0.452 e. The fraction of sp³-hybridized carbons (Fsp3) is 0.167. The maximum Gasteiger partial charge on any atom is 0.338 e. The lowest BCUT2D eigenvalue weighted by Crippen LogP contribution is -2.05. The van der Waals surface area contributed by atoms with Gasteiger partial charge in [0.15, 0.2) is 6.61 Å². The molecule has 3 aromatic rings. The van der Waals surface area contributed by atoms with Gasteiger partial charge in [0.05, 0.1) is 5.56 Å². The number of nitrogens with zero attached hydrogens (tertiary/aromatic N) is 2. The first kappa shape index (κ1) is 17.5. The number of ether oxygens (including phenoxy) is 1. The molecule has 1 heterocycles. The highest BCUT2D eigenvalue weighted by Gasteiger charge is 2.10. The van der Waals surface area contributed by atoms with Crippen LogP contribution in [-0.4, -0.2) is 16.2 Å². The van der Waals surface area contributed by atoms with Crippen molar-refractivity contribution in [3.8, 4) is 0 Å². The van der Waals surface area contributed by atoms with Crippen molar-refractivity contribution in [1.82, 2.24) is 10.2 Å². The van der Waals surface area contributed by atoms with Crippen LogP contribution >= 0.6 is 23.4 Å². The molecule has 0 saturated heterocycles. The third kappa shape index (κ3) is 5.08. The molecule has 0 fully saturated rings. The monoisotopic (exact) mass is 374 g/mol. The molecular formula is C18H15ClN2O3S. The maximum atomic E-state index is 12.0. The lowest BCUT2D eigenvalue weighted by atomic mass is 10.1. The molecule has 0 aliphatic rings. The molecule has 3 rings (SSSR count). The van der Waals surface area contributed by atoms with E-state index in [9.17, 15) is 4.79 Å². The highest BCUT2D eigenvalue weighted by Crippen LogP contribution is 2.24. The number of thioether (sulfide) groups is 1. The van der Waals surface area contributed by atoms with Crippen LogP contribution in [0.3, 0.4) is 0 Å². The van der Waals surface area contributed by atoms with Gasteiger partial charge in [-0.2, -0.15) is 0 Å². The van der Waals surface area contributed by atoms with Crippen LogP contribution in [0.15, 0.2) is 57.8 Å².